The number of nitro groups is 1. The van der Waals surface area contributed by atoms with Crippen molar-refractivity contribution in [3.8, 4) is 0 Å². The largest absolute Gasteiger partial charge is 0.481 e. The summed E-state index contributed by atoms with van der Waals surface area (Å²) < 4.78 is 0. The topological polar surface area (TPSA) is 80.4 Å². The minimum Gasteiger partial charge on any atom is -0.481 e. The molecule has 3 aliphatic carbocycles. The lowest BCUT2D eigenvalue weighted by atomic mass is 9.53. The van der Waals surface area contributed by atoms with Crippen molar-refractivity contribution in [3.05, 3.63) is 21.8 Å². The van der Waals surface area contributed by atoms with E-state index in [9.17, 15) is 14.9 Å². The fraction of sp³-hybridized carbons (Fsp3) is 0.800. The normalized spacial score (nSPS) is 36.3. The van der Waals surface area contributed by atoms with E-state index in [1.807, 2.05) is 0 Å². The lowest BCUT2D eigenvalue weighted by molar-refractivity contribution is -0.505. The van der Waals surface area contributed by atoms with Gasteiger partial charge in [-0.15, -0.1) is 0 Å². The fourth-order valence-electron chi connectivity index (χ4n) is 4.81. The van der Waals surface area contributed by atoms with Crippen molar-refractivity contribution in [1.82, 2.24) is 0 Å². The molecule has 2 saturated carbocycles. The molecule has 5 heteroatoms. The monoisotopic (exact) mass is 279 g/mol. The highest BCUT2D eigenvalue weighted by Gasteiger charge is 2.59. The van der Waals surface area contributed by atoms with Crippen LogP contribution in [-0.2, 0) is 4.79 Å². The van der Waals surface area contributed by atoms with Gasteiger partial charge in [0.05, 0.1) is 11.8 Å². The summed E-state index contributed by atoms with van der Waals surface area (Å²) in [6, 6.07) is 0. The Labute approximate surface area is 118 Å². The smallest absolute Gasteiger partial charge is 0.304 e. The van der Waals surface area contributed by atoms with E-state index in [1.54, 1.807) is 0 Å². The quantitative estimate of drug-likeness (QED) is 0.476. The van der Waals surface area contributed by atoms with Crippen LogP contribution in [0.2, 0.25) is 0 Å². The third kappa shape index (κ3) is 2.23. The molecule has 0 aliphatic heterocycles. The molecule has 0 amide bonds. The maximum Gasteiger partial charge on any atom is 0.304 e. The molecule has 0 bridgehead atoms. The molecular weight excluding hydrogens is 258 g/mol. The predicted octanol–water partition coefficient (Wildman–Crippen LogP) is 2.88. The first-order chi connectivity index (χ1) is 9.50. The first-order valence-corrected chi connectivity index (χ1v) is 7.54. The van der Waals surface area contributed by atoms with Gasteiger partial charge in [-0.2, -0.15) is 0 Å². The first kappa shape index (κ1) is 13.6. The van der Waals surface area contributed by atoms with Crippen molar-refractivity contribution < 1.29 is 14.8 Å². The summed E-state index contributed by atoms with van der Waals surface area (Å²) in [4.78, 5) is 21.6. The van der Waals surface area contributed by atoms with Gasteiger partial charge >= 0.3 is 5.97 Å². The highest BCUT2D eigenvalue weighted by atomic mass is 16.6. The molecule has 110 valence electrons. The zero-order chi connectivity index (χ0) is 14.3. The lowest BCUT2D eigenvalue weighted by Crippen LogP contribution is -2.50. The standard InChI is InChI=1S/C15H21NO4/c17-14(18)8-15(9-16(19)20)7-12-5-11(6-13(12)15)10-3-1-2-4-10/h6,10,12-13H,1-5,7-9H2,(H,17,18)/t12-,13+,15+/m1/s1. The fourth-order valence-corrected chi connectivity index (χ4v) is 4.81. The third-order valence-corrected chi connectivity index (χ3v) is 5.60. The van der Waals surface area contributed by atoms with Gasteiger partial charge in [0.25, 0.3) is 0 Å². The Morgan fingerprint density at radius 3 is 2.75 bits per heavy atom. The molecule has 0 unspecified atom stereocenters. The molecule has 1 N–H and O–H groups in total. The van der Waals surface area contributed by atoms with Crippen LogP contribution < -0.4 is 0 Å². The van der Waals surface area contributed by atoms with Crippen LogP contribution >= 0.6 is 0 Å². The molecule has 2 fully saturated rings. The number of hydrogen-bond acceptors (Lipinski definition) is 3. The maximum absolute atomic E-state index is 11.1. The van der Waals surface area contributed by atoms with Crippen LogP contribution in [0.15, 0.2) is 11.6 Å². The zero-order valence-electron chi connectivity index (χ0n) is 11.6. The first-order valence-electron chi connectivity index (χ1n) is 7.54. The third-order valence-electron chi connectivity index (χ3n) is 5.60. The van der Waals surface area contributed by atoms with Crippen molar-refractivity contribution in [2.75, 3.05) is 6.54 Å². The molecule has 20 heavy (non-hydrogen) atoms. The van der Waals surface area contributed by atoms with Gasteiger partial charge in [-0.3, -0.25) is 14.9 Å². The number of carboxylic acid groups (broad SMARTS) is 1. The average Bonchev–Trinajstić information content (AvgIpc) is 2.93. The molecule has 3 aliphatic rings. The minimum atomic E-state index is -0.909. The van der Waals surface area contributed by atoms with Gasteiger partial charge in [0, 0.05) is 4.92 Å². The van der Waals surface area contributed by atoms with Crippen molar-refractivity contribution in [2.45, 2.75) is 44.9 Å². The van der Waals surface area contributed by atoms with Crippen LogP contribution in [-0.4, -0.2) is 22.5 Å². The van der Waals surface area contributed by atoms with Gasteiger partial charge < -0.3 is 5.11 Å². The van der Waals surface area contributed by atoms with Crippen molar-refractivity contribution in [1.29, 1.82) is 0 Å². The average molecular weight is 279 g/mol. The Morgan fingerprint density at radius 1 is 1.45 bits per heavy atom. The Balaban J connectivity index is 1.77. The number of fused-ring (bicyclic) bond motifs is 1. The number of carboxylic acids is 1. The van der Waals surface area contributed by atoms with Gasteiger partial charge in [0.2, 0.25) is 6.54 Å². The maximum atomic E-state index is 11.1. The summed E-state index contributed by atoms with van der Waals surface area (Å²) in [7, 11) is 0. The molecular formula is C15H21NO4. The number of nitrogens with zero attached hydrogens (tertiary/aromatic N) is 1. The van der Waals surface area contributed by atoms with E-state index in [0.717, 1.165) is 6.42 Å². The van der Waals surface area contributed by atoms with Crippen LogP contribution in [0.25, 0.3) is 0 Å². The second-order valence-corrected chi connectivity index (χ2v) is 6.84. The molecule has 0 aromatic carbocycles. The van der Waals surface area contributed by atoms with E-state index in [0.29, 0.717) is 18.3 Å². The number of carbonyl (C=O) groups is 1. The summed E-state index contributed by atoms with van der Waals surface area (Å²) >= 11 is 0. The summed E-state index contributed by atoms with van der Waals surface area (Å²) in [6.07, 6.45) is 8.96. The highest BCUT2D eigenvalue weighted by Crippen LogP contribution is 2.61. The van der Waals surface area contributed by atoms with E-state index >= 15 is 0 Å². The Hall–Kier alpha value is -1.39. The number of rotatable bonds is 5. The van der Waals surface area contributed by atoms with Crippen molar-refractivity contribution >= 4 is 5.97 Å². The van der Waals surface area contributed by atoms with Gasteiger partial charge in [-0.25, -0.2) is 0 Å². The summed E-state index contributed by atoms with van der Waals surface area (Å²) in [5.74, 6) is 0.344. The summed E-state index contributed by atoms with van der Waals surface area (Å²) in [6.45, 7) is -0.199. The SMILES string of the molecule is O=C(O)C[C@]1(C[N+](=O)[O-])C[C@H]2CC(C3CCCC3)=C[C@@H]21. The zero-order valence-corrected chi connectivity index (χ0v) is 11.6. The van der Waals surface area contributed by atoms with Crippen LogP contribution in [0.1, 0.15) is 44.9 Å². The van der Waals surface area contributed by atoms with Gasteiger partial charge in [-0.1, -0.05) is 24.5 Å². The van der Waals surface area contributed by atoms with E-state index < -0.39 is 11.4 Å². The Bertz CT molecular complexity index is 448. The molecule has 0 aromatic rings. The number of hydrogen-bond donors (Lipinski definition) is 1. The number of allylic oxidation sites excluding steroid dienone is 2. The van der Waals surface area contributed by atoms with E-state index in [1.165, 1.54) is 31.3 Å². The molecule has 5 nitrogen and oxygen atoms in total. The summed E-state index contributed by atoms with van der Waals surface area (Å²) in [5, 5.41) is 20.0. The van der Waals surface area contributed by atoms with E-state index in [-0.39, 0.29) is 23.8 Å². The van der Waals surface area contributed by atoms with Gasteiger partial charge in [0.1, 0.15) is 0 Å². The van der Waals surface area contributed by atoms with Gasteiger partial charge in [0.15, 0.2) is 0 Å². The van der Waals surface area contributed by atoms with Crippen LogP contribution in [0.3, 0.4) is 0 Å². The van der Waals surface area contributed by atoms with Gasteiger partial charge in [-0.05, 0) is 43.4 Å². The highest BCUT2D eigenvalue weighted by molar-refractivity contribution is 5.68. The molecule has 0 saturated heterocycles. The molecule has 0 aromatic heterocycles. The van der Waals surface area contributed by atoms with Crippen LogP contribution in [0.4, 0.5) is 0 Å². The van der Waals surface area contributed by atoms with Crippen LogP contribution in [0, 0.1) is 33.3 Å². The molecule has 3 atom stereocenters. The second-order valence-electron chi connectivity index (χ2n) is 6.84. The summed E-state index contributed by atoms with van der Waals surface area (Å²) in [5.41, 5.74) is 0.841. The lowest BCUT2D eigenvalue weighted by Gasteiger charge is -2.48. The van der Waals surface area contributed by atoms with E-state index in [2.05, 4.69) is 6.08 Å². The van der Waals surface area contributed by atoms with E-state index in [4.69, 9.17) is 5.11 Å². The molecule has 3 rings (SSSR count). The number of aliphatic carboxylic acids is 1. The molecule has 0 heterocycles. The Kier molecular flexibility index (Phi) is 3.30. The Morgan fingerprint density at radius 2 is 2.15 bits per heavy atom. The molecule has 0 spiro atoms. The molecule has 0 radical (unpaired) electrons. The minimum absolute atomic E-state index is 0.0659. The van der Waals surface area contributed by atoms with Crippen LogP contribution in [0.5, 0.6) is 0 Å². The van der Waals surface area contributed by atoms with Crippen molar-refractivity contribution in [2.24, 2.45) is 23.2 Å². The predicted molar refractivity (Wildman–Crippen MR) is 72.8 cm³/mol. The van der Waals surface area contributed by atoms with Crippen molar-refractivity contribution in [3.63, 3.8) is 0 Å². The second kappa shape index (κ2) is 4.86.